The summed E-state index contributed by atoms with van der Waals surface area (Å²) in [6.45, 7) is 13.5. The van der Waals surface area contributed by atoms with Crippen molar-refractivity contribution in [3.63, 3.8) is 0 Å². The average Bonchev–Trinajstić information content (AvgIpc) is 3.04. The van der Waals surface area contributed by atoms with Crippen LogP contribution in [0, 0.1) is 17.8 Å². The molecule has 0 spiro atoms. The highest BCUT2D eigenvalue weighted by Crippen LogP contribution is 2.16. The first-order valence-electron chi connectivity index (χ1n) is 21.1. The number of carbonyl (C=O) groups is 3. The quantitative estimate of drug-likeness (QED) is 0.0369. The Kier molecular flexibility index (Phi) is 33.7. The number of carbonyl (C=O) groups excluding carboxylic acids is 3. The predicted octanol–water partition coefficient (Wildman–Crippen LogP) is 12.9. The van der Waals surface area contributed by atoms with Crippen LogP contribution in [0.25, 0.3) is 0 Å². The fourth-order valence-corrected chi connectivity index (χ4v) is 6.17. The van der Waals surface area contributed by atoms with E-state index in [0.717, 1.165) is 75.5 Å². The van der Waals surface area contributed by atoms with Crippen LogP contribution >= 0.6 is 0 Å². The summed E-state index contributed by atoms with van der Waals surface area (Å²) in [5.74, 6) is 1.48. The van der Waals surface area contributed by atoms with Gasteiger partial charge in [-0.15, -0.1) is 0 Å². The van der Waals surface area contributed by atoms with Gasteiger partial charge in [0.1, 0.15) is 13.2 Å². The van der Waals surface area contributed by atoms with E-state index in [-0.39, 0.29) is 31.1 Å². The smallest absolute Gasteiger partial charge is 0.306 e. The molecule has 0 heterocycles. The van der Waals surface area contributed by atoms with E-state index < -0.39 is 6.10 Å². The summed E-state index contributed by atoms with van der Waals surface area (Å²) in [5.41, 5.74) is 0. The van der Waals surface area contributed by atoms with Gasteiger partial charge in [-0.2, -0.15) is 0 Å². The number of ether oxygens (including phenoxy) is 3. The van der Waals surface area contributed by atoms with Gasteiger partial charge in [-0.3, -0.25) is 14.4 Å². The molecule has 0 amide bonds. The Balaban J connectivity index is 4.36. The van der Waals surface area contributed by atoms with E-state index in [1.54, 1.807) is 0 Å². The molecule has 0 aliphatic carbocycles. The molecule has 6 nitrogen and oxygen atoms in total. The second-order valence-corrected chi connectivity index (χ2v) is 16.1. The fraction of sp³-hybridized carbons (Fsp3) is 0.930. The molecule has 0 radical (unpaired) electrons. The Morgan fingerprint density at radius 3 is 0.878 bits per heavy atom. The summed E-state index contributed by atoms with van der Waals surface area (Å²) in [7, 11) is 0. The second kappa shape index (κ2) is 34.8. The highest BCUT2D eigenvalue weighted by atomic mass is 16.6. The van der Waals surface area contributed by atoms with Crippen LogP contribution in [0.4, 0.5) is 0 Å². The molecule has 0 bridgehead atoms. The van der Waals surface area contributed by atoms with Gasteiger partial charge in [0.25, 0.3) is 0 Å². The van der Waals surface area contributed by atoms with E-state index in [4.69, 9.17) is 14.2 Å². The molecular formula is C43H82O6. The van der Waals surface area contributed by atoms with Crippen LogP contribution in [0.15, 0.2) is 0 Å². The van der Waals surface area contributed by atoms with E-state index >= 15 is 0 Å². The van der Waals surface area contributed by atoms with Gasteiger partial charge in [0.15, 0.2) is 6.10 Å². The monoisotopic (exact) mass is 695 g/mol. The van der Waals surface area contributed by atoms with Gasteiger partial charge >= 0.3 is 17.9 Å². The Labute approximate surface area is 304 Å². The molecule has 0 N–H and O–H groups in total. The summed E-state index contributed by atoms with van der Waals surface area (Å²) in [6.07, 6.45) is 29.7. The van der Waals surface area contributed by atoms with Gasteiger partial charge in [-0.1, -0.05) is 183 Å². The molecule has 49 heavy (non-hydrogen) atoms. The third kappa shape index (κ3) is 37.5. The molecule has 0 aliphatic rings. The molecule has 6 heteroatoms. The first-order valence-corrected chi connectivity index (χ1v) is 21.1. The topological polar surface area (TPSA) is 78.9 Å². The number of rotatable bonds is 36. The van der Waals surface area contributed by atoms with Gasteiger partial charge in [0.05, 0.1) is 0 Å². The van der Waals surface area contributed by atoms with Crippen molar-refractivity contribution < 1.29 is 28.6 Å². The van der Waals surface area contributed by atoms with E-state index in [2.05, 4.69) is 41.5 Å². The largest absolute Gasteiger partial charge is 0.462 e. The minimum absolute atomic E-state index is 0.0680. The molecule has 290 valence electrons. The lowest BCUT2D eigenvalue weighted by Gasteiger charge is -2.18. The molecule has 0 aliphatic heterocycles. The number of hydrogen-bond acceptors (Lipinski definition) is 6. The zero-order valence-corrected chi connectivity index (χ0v) is 33.5. The van der Waals surface area contributed by atoms with Gasteiger partial charge in [0, 0.05) is 19.3 Å². The Bertz CT molecular complexity index is 761. The number of hydrogen-bond donors (Lipinski definition) is 0. The van der Waals surface area contributed by atoms with Crippen LogP contribution in [-0.2, 0) is 28.6 Å². The van der Waals surface area contributed by atoms with Crippen molar-refractivity contribution in [1.82, 2.24) is 0 Å². The Morgan fingerprint density at radius 1 is 0.347 bits per heavy atom. The molecule has 0 unspecified atom stereocenters. The van der Waals surface area contributed by atoms with Crippen LogP contribution in [0.3, 0.4) is 0 Å². The summed E-state index contributed by atoms with van der Waals surface area (Å²) in [6, 6.07) is 0. The number of esters is 3. The van der Waals surface area contributed by atoms with Crippen molar-refractivity contribution in [1.29, 1.82) is 0 Å². The van der Waals surface area contributed by atoms with Crippen LogP contribution in [0.1, 0.15) is 221 Å². The maximum Gasteiger partial charge on any atom is 0.306 e. The fourth-order valence-electron chi connectivity index (χ4n) is 6.17. The van der Waals surface area contributed by atoms with Crippen molar-refractivity contribution in [3.05, 3.63) is 0 Å². The lowest BCUT2D eigenvalue weighted by molar-refractivity contribution is -0.167. The van der Waals surface area contributed by atoms with Gasteiger partial charge in [-0.25, -0.2) is 0 Å². The highest BCUT2D eigenvalue weighted by molar-refractivity contribution is 5.71. The molecule has 1 atom stereocenters. The van der Waals surface area contributed by atoms with Crippen LogP contribution in [-0.4, -0.2) is 37.2 Å². The van der Waals surface area contributed by atoms with E-state index in [1.807, 2.05) is 0 Å². The maximum absolute atomic E-state index is 12.6. The molecule has 0 aromatic rings. The van der Waals surface area contributed by atoms with Crippen LogP contribution in [0.2, 0.25) is 0 Å². The van der Waals surface area contributed by atoms with Gasteiger partial charge in [-0.05, 0) is 37.0 Å². The zero-order chi connectivity index (χ0) is 36.4. The molecule has 0 aromatic heterocycles. The van der Waals surface area contributed by atoms with Crippen LogP contribution in [0.5, 0.6) is 0 Å². The van der Waals surface area contributed by atoms with Crippen LogP contribution < -0.4 is 0 Å². The first kappa shape index (κ1) is 47.4. The lowest BCUT2D eigenvalue weighted by Crippen LogP contribution is -2.30. The number of unbranched alkanes of at least 4 members (excludes halogenated alkanes) is 19. The molecule has 0 rings (SSSR count). The summed E-state index contributed by atoms with van der Waals surface area (Å²) >= 11 is 0. The standard InChI is InChI=1S/C43H82O6/c1-37(2)29-23-17-11-7-9-13-20-26-32-41(44)47-35-40(36-48-42(45)33-27-21-16-15-19-25-31-39(5)6)49-43(46)34-28-22-14-10-8-12-18-24-30-38(3)4/h37-40H,7-36H2,1-6H3/t40-/m1/s1. The molecule has 0 fully saturated rings. The van der Waals surface area contributed by atoms with Crippen molar-refractivity contribution in [2.45, 2.75) is 227 Å². The Morgan fingerprint density at radius 2 is 0.592 bits per heavy atom. The van der Waals surface area contributed by atoms with Crippen molar-refractivity contribution in [2.75, 3.05) is 13.2 Å². The maximum atomic E-state index is 12.6. The van der Waals surface area contributed by atoms with Gasteiger partial charge < -0.3 is 14.2 Å². The average molecular weight is 695 g/mol. The zero-order valence-electron chi connectivity index (χ0n) is 33.5. The summed E-state index contributed by atoms with van der Waals surface area (Å²) < 4.78 is 16.6. The molecule has 0 saturated carbocycles. The van der Waals surface area contributed by atoms with Crippen molar-refractivity contribution in [3.8, 4) is 0 Å². The first-order chi connectivity index (χ1) is 23.6. The highest BCUT2D eigenvalue weighted by Gasteiger charge is 2.19. The molecular weight excluding hydrogens is 612 g/mol. The SMILES string of the molecule is CC(C)CCCCCCCCCCC(=O)OC[C@H](COC(=O)CCCCCCCCC(C)C)OC(=O)CCCCCCCCCCC(C)C. The lowest BCUT2D eigenvalue weighted by atomic mass is 10.0. The normalized spacial score (nSPS) is 12.2. The predicted molar refractivity (Wildman–Crippen MR) is 206 cm³/mol. The second-order valence-electron chi connectivity index (χ2n) is 16.1. The minimum Gasteiger partial charge on any atom is -0.462 e. The van der Waals surface area contributed by atoms with E-state index in [1.165, 1.54) is 103 Å². The summed E-state index contributed by atoms with van der Waals surface area (Å²) in [4.78, 5) is 37.5. The van der Waals surface area contributed by atoms with E-state index in [0.29, 0.717) is 19.3 Å². The van der Waals surface area contributed by atoms with Crippen molar-refractivity contribution in [2.24, 2.45) is 17.8 Å². The third-order valence-electron chi connectivity index (χ3n) is 9.40. The van der Waals surface area contributed by atoms with Gasteiger partial charge in [0.2, 0.25) is 0 Å². The molecule has 0 saturated heterocycles. The summed E-state index contributed by atoms with van der Waals surface area (Å²) in [5, 5.41) is 0. The van der Waals surface area contributed by atoms with Crippen molar-refractivity contribution >= 4 is 17.9 Å². The Hall–Kier alpha value is -1.59. The minimum atomic E-state index is -0.761. The van der Waals surface area contributed by atoms with E-state index in [9.17, 15) is 14.4 Å². The molecule has 0 aromatic carbocycles. The third-order valence-corrected chi connectivity index (χ3v) is 9.40.